The van der Waals surface area contributed by atoms with E-state index < -0.39 is 0 Å². The third-order valence-corrected chi connectivity index (χ3v) is 9.95. The van der Waals surface area contributed by atoms with Crippen molar-refractivity contribution in [3.63, 3.8) is 0 Å². The van der Waals surface area contributed by atoms with E-state index >= 15 is 0 Å². The molecule has 0 saturated heterocycles. The lowest BCUT2D eigenvalue weighted by molar-refractivity contribution is 0.620. The molecule has 0 amide bonds. The summed E-state index contributed by atoms with van der Waals surface area (Å²) in [5.74, 6) is 0.628. The zero-order valence-electron chi connectivity index (χ0n) is 28.7. The molecule has 0 bridgehead atoms. The van der Waals surface area contributed by atoms with E-state index in [0.29, 0.717) is 5.89 Å². The number of nitrogens with zero attached hydrogens (tertiary/aromatic N) is 2. The lowest BCUT2D eigenvalue weighted by atomic mass is 9.99. The highest BCUT2D eigenvalue weighted by Crippen LogP contribution is 2.40. The predicted molar refractivity (Wildman–Crippen MR) is 218 cm³/mol. The lowest BCUT2D eigenvalue weighted by Crippen LogP contribution is -2.09. The van der Waals surface area contributed by atoms with Gasteiger partial charge in [0.15, 0.2) is 5.58 Å². The molecule has 2 aromatic heterocycles. The van der Waals surface area contributed by atoms with Gasteiger partial charge in [0.05, 0.1) is 0 Å². The molecule has 0 fully saturated rings. The van der Waals surface area contributed by atoms with Gasteiger partial charge in [0.25, 0.3) is 0 Å². The van der Waals surface area contributed by atoms with E-state index in [1.54, 1.807) is 0 Å². The summed E-state index contributed by atoms with van der Waals surface area (Å²) in [4.78, 5) is 7.17. The topological polar surface area (TPSA) is 42.4 Å². The van der Waals surface area contributed by atoms with Gasteiger partial charge in [-0.25, -0.2) is 4.98 Å². The zero-order chi connectivity index (χ0) is 35.1. The minimum absolute atomic E-state index is 0.628. The summed E-state index contributed by atoms with van der Waals surface area (Å²) in [6, 6.07) is 67.5. The Balaban J connectivity index is 0.988. The fourth-order valence-electron chi connectivity index (χ4n) is 7.27. The van der Waals surface area contributed by atoms with Crippen LogP contribution in [-0.2, 0) is 0 Å². The Morgan fingerprint density at radius 2 is 0.849 bits per heavy atom. The van der Waals surface area contributed by atoms with Crippen molar-refractivity contribution < 1.29 is 8.83 Å². The number of hydrogen-bond donors (Lipinski definition) is 0. The number of oxazole rings is 1. The molecular formula is C49H32N2O2. The van der Waals surface area contributed by atoms with Crippen molar-refractivity contribution in [2.75, 3.05) is 4.90 Å². The quantitative estimate of drug-likeness (QED) is 0.168. The number of benzene rings is 8. The van der Waals surface area contributed by atoms with Gasteiger partial charge in [-0.3, -0.25) is 0 Å². The standard InChI is InChI=1S/C49H32N2O2/c1-3-10-33(11-4-1)35-22-26-39(27-23-35)51(41-30-31-44-43-14-7-8-16-45(43)52-47(44)32-41)40-28-24-36(25-29-40)34-18-20-37(21-19-34)42-15-9-17-46-48(42)50-49(53-46)38-12-5-2-6-13-38/h1-32H. The van der Waals surface area contributed by atoms with Crippen LogP contribution in [0, 0.1) is 0 Å². The summed E-state index contributed by atoms with van der Waals surface area (Å²) >= 11 is 0. The van der Waals surface area contributed by atoms with Gasteiger partial charge in [-0.15, -0.1) is 0 Å². The van der Waals surface area contributed by atoms with Gasteiger partial charge in [0.1, 0.15) is 16.7 Å². The fraction of sp³-hybridized carbons (Fsp3) is 0. The van der Waals surface area contributed by atoms with Gasteiger partial charge in [-0.1, -0.05) is 127 Å². The molecule has 0 aliphatic carbocycles. The molecule has 0 atom stereocenters. The van der Waals surface area contributed by atoms with Crippen LogP contribution in [0.2, 0.25) is 0 Å². The van der Waals surface area contributed by atoms with Gasteiger partial charge in [-0.2, -0.15) is 0 Å². The Labute approximate surface area is 306 Å². The van der Waals surface area contributed by atoms with Crippen LogP contribution in [0.25, 0.3) is 77.9 Å². The van der Waals surface area contributed by atoms with Crippen LogP contribution in [0.5, 0.6) is 0 Å². The van der Waals surface area contributed by atoms with E-state index in [9.17, 15) is 0 Å². The Morgan fingerprint density at radius 1 is 0.340 bits per heavy atom. The van der Waals surface area contributed by atoms with Crippen molar-refractivity contribution in [2.45, 2.75) is 0 Å². The smallest absolute Gasteiger partial charge is 0.227 e. The number of fused-ring (bicyclic) bond motifs is 4. The monoisotopic (exact) mass is 680 g/mol. The van der Waals surface area contributed by atoms with E-state index in [0.717, 1.165) is 77.9 Å². The second-order valence-corrected chi connectivity index (χ2v) is 13.2. The first-order valence-electron chi connectivity index (χ1n) is 17.8. The average Bonchev–Trinajstić information content (AvgIpc) is 3.84. The molecule has 2 heterocycles. The van der Waals surface area contributed by atoms with E-state index in [1.807, 2.05) is 60.7 Å². The largest absolute Gasteiger partial charge is 0.456 e. The average molecular weight is 681 g/mol. The van der Waals surface area contributed by atoms with Crippen molar-refractivity contribution in [1.82, 2.24) is 4.98 Å². The summed E-state index contributed by atoms with van der Waals surface area (Å²) < 4.78 is 12.5. The maximum Gasteiger partial charge on any atom is 0.227 e. The fourth-order valence-corrected chi connectivity index (χ4v) is 7.27. The summed E-state index contributed by atoms with van der Waals surface area (Å²) in [5.41, 5.74) is 14.3. The van der Waals surface area contributed by atoms with E-state index in [4.69, 9.17) is 13.8 Å². The highest BCUT2D eigenvalue weighted by Gasteiger charge is 2.17. The second-order valence-electron chi connectivity index (χ2n) is 13.2. The van der Waals surface area contributed by atoms with Crippen LogP contribution in [0.15, 0.2) is 203 Å². The highest BCUT2D eigenvalue weighted by molar-refractivity contribution is 6.06. The normalized spacial score (nSPS) is 11.4. The third kappa shape index (κ3) is 5.63. The maximum absolute atomic E-state index is 6.32. The number of hydrogen-bond acceptors (Lipinski definition) is 4. The molecule has 0 spiro atoms. The van der Waals surface area contributed by atoms with Crippen molar-refractivity contribution in [3.8, 4) is 44.8 Å². The van der Waals surface area contributed by atoms with Gasteiger partial charge in [0, 0.05) is 45.0 Å². The van der Waals surface area contributed by atoms with Crippen LogP contribution in [-0.4, -0.2) is 4.98 Å². The Hall–Kier alpha value is -7.17. The molecule has 0 aliphatic rings. The molecule has 4 nitrogen and oxygen atoms in total. The molecule has 4 heteroatoms. The number of para-hydroxylation sites is 2. The minimum Gasteiger partial charge on any atom is -0.456 e. The van der Waals surface area contributed by atoms with Gasteiger partial charge < -0.3 is 13.7 Å². The van der Waals surface area contributed by atoms with Crippen LogP contribution in [0.3, 0.4) is 0 Å². The Morgan fingerprint density at radius 3 is 1.53 bits per heavy atom. The van der Waals surface area contributed by atoms with Crippen LogP contribution < -0.4 is 4.90 Å². The highest BCUT2D eigenvalue weighted by atomic mass is 16.3. The van der Waals surface area contributed by atoms with E-state index in [2.05, 4.69) is 138 Å². The Kier molecular flexibility index (Phi) is 7.43. The van der Waals surface area contributed by atoms with Crippen LogP contribution >= 0.6 is 0 Å². The van der Waals surface area contributed by atoms with E-state index in [1.165, 1.54) is 11.1 Å². The molecule has 10 aromatic rings. The zero-order valence-corrected chi connectivity index (χ0v) is 28.7. The van der Waals surface area contributed by atoms with Crippen LogP contribution in [0.4, 0.5) is 17.1 Å². The summed E-state index contributed by atoms with van der Waals surface area (Å²) in [6.07, 6.45) is 0. The van der Waals surface area contributed by atoms with E-state index in [-0.39, 0.29) is 0 Å². The molecule has 53 heavy (non-hydrogen) atoms. The lowest BCUT2D eigenvalue weighted by Gasteiger charge is -2.26. The molecular weight excluding hydrogens is 649 g/mol. The first-order valence-corrected chi connectivity index (χ1v) is 17.8. The molecule has 0 unspecified atom stereocenters. The van der Waals surface area contributed by atoms with Crippen molar-refractivity contribution in [2.24, 2.45) is 0 Å². The van der Waals surface area contributed by atoms with Gasteiger partial charge in [0.2, 0.25) is 5.89 Å². The maximum atomic E-state index is 6.32. The van der Waals surface area contributed by atoms with Gasteiger partial charge in [-0.05, 0) is 88.5 Å². The van der Waals surface area contributed by atoms with Crippen molar-refractivity contribution in [3.05, 3.63) is 194 Å². The van der Waals surface area contributed by atoms with Crippen molar-refractivity contribution >= 4 is 50.1 Å². The van der Waals surface area contributed by atoms with Crippen molar-refractivity contribution in [1.29, 1.82) is 0 Å². The third-order valence-electron chi connectivity index (χ3n) is 9.95. The Bertz CT molecular complexity index is 2850. The predicted octanol–water partition coefficient (Wildman–Crippen LogP) is 13.9. The first kappa shape index (κ1) is 30.6. The SMILES string of the molecule is c1ccc(-c2ccc(N(c3ccc(-c4ccc(-c5cccc6oc(-c7ccccc7)nc56)cc4)cc3)c3ccc4c(c3)oc3ccccc34)cc2)cc1. The molecule has 250 valence electrons. The molecule has 0 radical (unpaired) electrons. The summed E-state index contributed by atoms with van der Waals surface area (Å²) in [5, 5.41) is 2.23. The molecule has 8 aromatic carbocycles. The summed E-state index contributed by atoms with van der Waals surface area (Å²) in [7, 11) is 0. The summed E-state index contributed by atoms with van der Waals surface area (Å²) in [6.45, 7) is 0. The number of aromatic nitrogens is 1. The van der Waals surface area contributed by atoms with Gasteiger partial charge >= 0.3 is 0 Å². The van der Waals surface area contributed by atoms with Crippen LogP contribution in [0.1, 0.15) is 0 Å². The second kappa shape index (κ2) is 12.9. The molecule has 0 saturated carbocycles. The first-order chi connectivity index (χ1) is 26.2. The number of anilines is 3. The molecule has 10 rings (SSSR count). The molecule has 0 N–H and O–H groups in total. The minimum atomic E-state index is 0.628. The number of furan rings is 1. The number of rotatable bonds is 7. The molecule has 0 aliphatic heterocycles.